The number of nitrogens with zero attached hydrogens (tertiary/aromatic N) is 2. The number of nitrogens with one attached hydrogen (secondary N) is 1. The smallest absolute Gasteiger partial charge is 0.218 e. The van der Waals surface area contributed by atoms with Crippen molar-refractivity contribution in [2.45, 2.75) is 0 Å². The Morgan fingerprint density at radius 2 is 2.00 bits per heavy atom. The lowest BCUT2D eigenvalue weighted by Crippen LogP contribution is -1.95. The first-order valence-corrected chi connectivity index (χ1v) is 6.17. The third kappa shape index (κ3) is 1.65. The van der Waals surface area contributed by atoms with E-state index in [1.165, 1.54) is 10.9 Å². The summed E-state index contributed by atoms with van der Waals surface area (Å²) in [6.45, 7) is 0. The van der Waals surface area contributed by atoms with Crippen LogP contribution in [0.1, 0.15) is 0 Å². The molecule has 0 spiro atoms. The zero-order chi connectivity index (χ0) is 12.9. The first kappa shape index (κ1) is 11.4. The van der Waals surface area contributed by atoms with Crippen molar-refractivity contribution in [1.29, 1.82) is 0 Å². The standard InChI is InChI=1S/C11H7BrClN3O2/c12-5-1-6(13)3-7(2-5)16-9-8(4-14-16)10(17)15-11(9)18/h1-4,15,17-18H. The van der Waals surface area contributed by atoms with Gasteiger partial charge < -0.3 is 10.2 Å². The second-order valence-electron chi connectivity index (χ2n) is 3.77. The van der Waals surface area contributed by atoms with Gasteiger partial charge in [-0.3, -0.25) is 4.98 Å². The molecular weight excluding hydrogens is 321 g/mol. The van der Waals surface area contributed by atoms with Crippen molar-refractivity contribution < 1.29 is 10.2 Å². The largest absolute Gasteiger partial charge is 0.494 e. The van der Waals surface area contributed by atoms with Gasteiger partial charge in [-0.05, 0) is 18.2 Å². The Morgan fingerprint density at radius 1 is 1.22 bits per heavy atom. The minimum atomic E-state index is -0.143. The average Bonchev–Trinajstić information content (AvgIpc) is 2.81. The van der Waals surface area contributed by atoms with E-state index in [1.54, 1.807) is 12.1 Å². The highest BCUT2D eigenvalue weighted by Gasteiger charge is 2.16. The topological polar surface area (TPSA) is 74.1 Å². The molecule has 0 aliphatic carbocycles. The monoisotopic (exact) mass is 327 g/mol. The molecule has 0 fully saturated rings. The van der Waals surface area contributed by atoms with Gasteiger partial charge >= 0.3 is 0 Å². The predicted octanol–water partition coefficient (Wildman–Crippen LogP) is 3.18. The highest BCUT2D eigenvalue weighted by Crippen LogP contribution is 2.34. The van der Waals surface area contributed by atoms with Gasteiger partial charge in [-0.2, -0.15) is 5.10 Å². The third-order valence-electron chi connectivity index (χ3n) is 2.58. The quantitative estimate of drug-likeness (QED) is 0.642. The predicted molar refractivity (Wildman–Crippen MR) is 71.5 cm³/mol. The Hall–Kier alpha value is -1.66. The van der Waals surface area contributed by atoms with E-state index < -0.39 is 0 Å². The van der Waals surface area contributed by atoms with Gasteiger partial charge in [0.1, 0.15) is 5.52 Å². The normalized spacial score (nSPS) is 11.2. The van der Waals surface area contributed by atoms with Crippen LogP contribution in [0.3, 0.4) is 0 Å². The fraction of sp³-hybridized carbons (Fsp3) is 0. The minimum Gasteiger partial charge on any atom is -0.494 e. The molecule has 7 heteroatoms. The van der Waals surface area contributed by atoms with E-state index in [9.17, 15) is 10.2 Å². The highest BCUT2D eigenvalue weighted by molar-refractivity contribution is 9.10. The van der Waals surface area contributed by atoms with Gasteiger partial charge in [0, 0.05) is 9.50 Å². The van der Waals surface area contributed by atoms with Crippen LogP contribution in [0.2, 0.25) is 5.02 Å². The molecule has 0 bridgehead atoms. The molecule has 0 aliphatic heterocycles. The number of aromatic hydroxyl groups is 2. The molecule has 0 amide bonds. The molecule has 5 nitrogen and oxygen atoms in total. The van der Waals surface area contributed by atoms with Crippen LogP contribution >= 0.6 is 27.5 Å². The fourth-order valence-corrected chi connectivity index (χ4v) is 2.69. The van der Waals surface area contributed by atoms with Crippen LogP contribution < -0.4 is 0 Å². The third-order valence-corrected chi connectivity index (χ3v) is 3.25. The second kappa shape index (κ2) is 3.93. The van der Waals surface area contributed by atoms with Gasteiger partial charge in [0.05, 0.1) is 17.3 Å². The second-order valence-corrected chi connectivity index (χ2v) is 5.12. The van der Waals surface area contributed by atoms with Crippen LogP contribution in [0.4, 0.5) is 0 Å². The molecule has 3 aromatic rings. The summed E-state index contributed by atoms with van der Waals surface area (Å²) in [5.41, 5.74) is 1.08. The number of H-pyrrole nitrogens is 1. The molecule has 0 radical (unpaired) electrons. The summed E-state index contributed by atoms with van der Waals surface area (Å²) in [6, 6.07) is 5.27. The number of aromatic amines is 1. The summed E-state index contributed by atoms with van der Waals surface area (Å²) < 4.78 is 2.30. The lowest BCUT2D eigenvalue weighted by molar-refractivity contribution is 0.427. The number of rotatable bonds is 1. The maximum Gasteiger partial charge on any atom is 0.218 e. The molecule has 92 valence electrons. The fourth-order valence-electron chi connectivity index (χ4n) is 1.85. The maximum atomic E-state index is 9.74. The maximum absolute atomic E-state index is 9.74. The number of benzene rings is 1. The highest BCUT2D eigenvalue weighted by atomic mass is 79.9. The number of hydrogen-bond acceptors (Lipinski definition) is 3. The van der Waals surface area contributed by atoms with Crippen LogP contribution in [0.15, 0.2) is 28.9 Å². The average molecular weight is 329 g/mol. The van der Waals surface area contributed by atoms with Crippen LogP contribution in [0, 0.1) is 0 Å². The number of fused-ring (bicyclic) bond motifs is 1. The van der Waals surface area contributed by atoms with E-state index in [4.69, 9.17) is 11.6 Å². The Bertz CT molecular complexity index is 730. The van der Waals surface area contributed by atoms with Crippen molar-refractivity contribution in [3.05, 3.63) is 33.9 Å². The molecular formula is C11H7BrClN3O2. The van der Waals surface area contributed by atoms with Crippen LogP contribution in [-0.2, 0) is 0 Å². The van der Waals surface area contributed by atoms with Crippen LogP contribution in [0.5, 0.6) is 11.8 Å². The molecule has 0 aliphatic rings. The van der Waals surface area contributed by atoms with Crippen LogP contribution in [-0.4, -0.2) is 25.0 Å². The first-order chi connectivity index (χ1) is 8.56. The zero-order valence-corrected chi connectivity index (χ0v) is 11.2. The molecule has 3 rings (SSSR count). The number of halogens is 2. The van der Waals surface area contributed by atoms with Gasteiger partial charge in [-0.1, -0.05) is 27.5 Å². The first-order valence-electron chi connectivity index (χ1n) is 5.00. The van der Waals surface area contributed by atoms with E-state index in [2.05, 4.69) is 26.0 Å². The van der Waals surface area contributed by atoms with Gasteiger partial charge in [0.25, 0.3) is 0 Å². The van der Waals surface area contributed by atoms with Crippen molar-refractivity contribution in [2.75, 3.05) is 0 Å². The molecule has 0 saturated carbocycles. The van der Waals surface area contributed by atoms with E-state index in [0.29, 0.717) is 21.6 Å². The lowest BCUT2D eigenvalue weighted by atomic mass is 10.3. The van der Waals surface area contributed by atoms with Gasteiger partial charge in [-0.15, -0.1) is 0 Å². The van der Waals surface area contributed by atoms with Crippen molar-refractivity contribution in [1.82, 2.24) is 14.8 Å². The summed E-state index contributed by atoms with van der Waals surface area (Å²) in [5.74, 6) is -0.258. The van der Waals surface area contributed by atoms with Gasteiger partial charge in [0.2, 0.25) is 11.8 Å². The molecule has 2 heterocycles. The van der Waals surface area contributed by atoms with Gasteiger partial charge in [0.15, 0.2) is 0 Å². The Kier molecular flexibility index (Phi) is 2.49. The molecule has 1 aromatic carbocycles. The number of aromatic nitrogens is 3. The van der Waals surface area contributed by atoms with E-state index in [0.717, 1.165) is 4.47 Å². The van der Waals surface area contributed by atoms with E-state index >= 15 is 0 Å². The van der Waals surface area contributed by atoms with E-state index in [1.807, 2.05) is 6.07 Å². The summed E-state index contributed by atoms with van der Waals surface area (Å²) in [5, 5.41) is 24.4. The lowest BCUT2D eigenvalue weighted by Gasteiger charge is -2.04. The van der Waals surface area contributed by atoms with Crippen molar-refractivity contribution in [3.8, 4) is 17.4 Å². The summed E-state index contributed by atoms with van der Waals surface area (Å²) >= 11 is 9.31. The van der Waals surface area contributed by atoms with Crippen molar-refractivity contribution in [2.24, 2.45) is 0 Å². The molecule has 3 N–H and O–H groups in total. The Balaban J connectivity index is 2.31. The van der Waals surface area contributed by atoms with E-state index in [-0.39, 0.29) is 11.8 Å². The summed E-state index contributed by atoms with van der Waals surface area (Å²) in [4.78, 5) is 2.44. The molecule has 2 aromatic heterocycles. The van der Waals surface area contributed by atoms with Gasteiger partial charge in [-0.25, -0.2) is 4.68 Å². The number of hydrogen-bond donors (Lipinski definition) is 3. The molecule has 0 unspecified atom stereocenters. The zero-order valence-electron chi connectivity index (χ0n) is 8.85. The Morgan fingerprint density at radius 3 is 2.72 bits per heavy atom. The summed E-state index contributed by atoms with van der Waals surface area (Å²) in [7, 11) is 0. The Labute approximate surface area is 115 Å². The summed E-state index contributed by atoms with van der Waals surface area (Å²) in [6.07, 6.45) is 1.47. The SMILES string of the molecule is Oc1[nH]c(O)c2c1cnn2-c1cc(Cl)cc(Br)c1. The van der Waals surface area contributed by atoms with Crippen LogP contribution in [0.25, 0.3) is 16.6 Å². The molecule has 18 heavy (non-hydrogen) atoms. The van der Waals surface area contributed by atoms with Crippen molar-refractivity contribution >= 4 is 38.4 Å². The molecule has 0 saturated heterocycles. The minimum absolute atomic E-state index is 0.116. The van der Waals surface area contributed by atoms with Crippen molar-refractivity contribution in [3.63, 3.8) is 0 Å². The molecule has 0 atom stereocenters.